The molecule has 8 heteroatoms. The predicted octanol–water partition coefficient (Wildman–Crippen LogP) is 6.15. The first kappa shape index (κ1) is 24.7. The number of hydrogen-bond acceptors (Lipinski definition) is 5. The number of fused-ring (bicyclic) bond motifs is 1. The van der Waals surface area contributed by atoms with E-state index in [0.29, 0.717) is 23.1 Å². The van der Waals surface area contributed by atoms with Gasteiger partial charge in [0.25, 0.3) is 0 Å². The number of aromatic nitrogens is 2. The number of anilines is 2. The number of nitrogens with two attached hydrogens (primary N) is 1. The van der Waals surface area contributed by atoms with Crippen LogP contribution in [0.2, 0.25) is 5.02 Å². The Balaban J connectivity index is 1.99. The van der Waals surface area contributed by atoms with Crippen molar-refractivity contribution in [1.82, 2.24) is 9.97 Å². The van der Waals surface area contributed by atoms with Gasteiger partial charge in [-0.15, -0.1) is 0 Å². The molecule has 176 valence electrons. The summed E-state index contributed by atoms with van der Waals surface area (Å²) in [7, 11) is 3.38. The Bertz CT molecular complexity index is 1140. The molecule has 3 aromatic rings. The molecule has 0 fully saturated rings. The highest BCUT2D eigenvalue weighted by atomic mass is 35.5. The van der Waals surface area contributed by atoms with Gasteiger partial charge in [0, 0.05) is 24.4 Å². The summed E-state index contributed by atoms with van der Waals surface area (Å²) >= 11 is 5.94. The summed E-state index contributed by atoms with van der Waals surface area (Å²) in [6.45, 7) is 4.29. The minimum Gasteiger partial charge on any atom is -0.496 e. The number of ether oxygens (including phenoxy) is 1. The lowest BCUT2D eigenvalue weighted by Gasteiger charge is -2.22. The first-order chi connectivity index (χ1) is 15.9. The van der Waals surface area contributed by atoms with Gasteiger partial charge in [0.1, 0.15) is 17.9 Å². The fraction of sp³-hybridized carbons (Fsp3) is 0.400. The third-order valence-corrected chi connectivity index (χ3v) is 6.19. The molecule has 3 N–H and O–H groups in total. The third kappa shape index (κ3) is 5.90. The van der Waals surface area contributed by atoms with Gasteiger partial charge in [-0.1, -0.05) is 44.4 Å². The zero-order valence-corrected chi connectivity index (χ0v) is 20.3. The van der Waals surface area contributed by atoms with E-state index in [2.05, 4.69) is 34.1 Å². The van der Waals surface area contributed by atoms with Gasteiger partial charge in [-0.05, 0) is 42.5 Å². The zero-order valence-electron chi connectivity index (χ0n) is 19.5. The molecule has 33 heavy (non-hydrogen) atoms. The molecule has 1 aromatic heterocycles. The third-order valence-electron chi connectivity index (χ3n) is 5.90. The van der Waals surface area contributed by atoms with E-state index in [0.717, 1.165) is 42.4 Å². The summed E-state index contributed by atoms with van der Waals surface area (Å²) in [5.41, 5.74) is 8.07. The predicted molar refractivity (Wildman–Crippen MR) is 134 cm³/mol. The molecule has 0 aliphatic carbocycles. The maximum atomic E-state index is 14.5. The highest BCUT2D eigenvalue weighted by molar-refractivity contribution is 6.31. The van der Waals surface area contributed by atoms with Gasteiger partial charge in [0.2, 0.25) is 0 Å². The number of nitrogens with zero attached hydrogens (tertiary/aromatic N) is 3. The van der Waals surface area contributed by atoms with E-state index in [9.17, 15) is 4.39 Å². The molecule has 0 spiro atoms. The van der Waals surface area contributed by atoms with E-state index in [1.54, 1.807) is 26.3 Å². The molecule has 0 bridgehead atoms. The molecule has 0 saturated heterocycles. The molecular weight excluding hydrogens is 441 g/mol. The summed E-state index contributed by atoms with van der Waals surface area (Å²) in [4.78, 5) is 12.9. The molecule has 0 aliphatic heterocycles. The monoisotopic (exact) mass is 471 g/mol. The van der Waals surface area contributed by atoms with E-state index in [1.165, 1.54) is 12.4 Å². The maximum Gasteiger partial charge on any atom is 0.165 e. The van der Waals surface area contributed by atoms with Crippen molar-refractivity contribution in [3.63, 3.8) is 0 Å². The van der Waals surface area contributed by atoms with Crippen molar-refractivity contribution >= 4 is 39.8 Å². The van der Waals surface area contributed by atoms with E-state index >= 15 is 0 Å². The Morgan fingerprint density at radius 3 is 2.79 bits per heavy atom. The number of amidine groups is 1. The highest BCUT2D eigenvalue weighted by Gasteiger charge is 2.19. The number of benzene rings is 2. The molecule has 3 rings (SSSR count). The standard InChI is InChI=1S/C25H31ClFN5O/c1-5-7-16(10-15(2)24(28)29-3)11-17-12-18-21(13-22(17)33-4)30-14-31-25(18)32-20-9-6-8-19(26)23(20)27/h6,8-9,12-16H,5,7,10-11H2,1-4H3,(H2,28,29)(H,30,31,32)/t15?,16-/m0/s1. The number of rotatable bonds is 10. The van der Waals surface area contributed by atoms with Crippen LogP contribution in [0.3, 0.4) is 0 Å². The summed E-state index contributed by atoms with van der Waals surface area (Å²) in [5, 5.41) is 3.90. The number of halogens is 2. The van der Waals surface area contributed by atoms with Gasteiger partial charge >= 0.3 is 0 Å². The van der Waals surface area contributed by atoms with Gasteiger partial charge in [0.15, 0.2) is 5.82 Å². The Hall–Kier alpha value is -2.93. The van der Waals surface area contributed by atoms with Gasteiger partial charge in [-0.2, -0.15) is 0 Å². The van der Waals surface area contributed by atoms with Crippen molar-refractivity contribution in [2.45, 2.75) is 39.5 Å². The van der Waals surface area contributed by atoms with Crippen LogP contribution in [-0.2, 0) is 6.42 Å². The normalized spacial score (nSPS) is 13.7. The largest absolute Gasteiger partial charge is 0.496 e. The minimum atomic E-state index is -0.521. The molecule has 0 aliphatic rings. The summed E-state index contributed by atoms with van der Waals surface area (Å²) in [6.07, 6.45) is 5.32. The minimum absolute atomic E-state index is 0.0483. The summed E-state index contributed by atoms with van der Waals surface area (Å²) in [5.74, 6) is 2.03. The number of methoxy groups -OCH3 is 1. The lowest BCUT2D eigenvalue weighted by molar-refractivity contribution is 0.383. The first-order valence-corrected chi connectivity index (χ1v) is 11.5. The Kier molecular flexibility index (Phi) is 8.44. The van der Waals surface area contributed by atoms with E-state index < -0.39 is 5.82 Å². The van der Waals surface area contributed by atoms with Gasteiger partial charge < -0.3 is 15.8 Å². The van der Waals surface area contributed by atoms with Crippen LogP contribution in [0.4, 0.5) is 15.9 Å². The van der Waals surface area contributed by atoms with Crippen molar-refractivity contribution in [2.75, 3.05) is 19.5 Å². The van der Waals surface area contributed by atoms with E-state index in [-0.39, 0.29) is 16.6 Å². The average molecular weight is 472 g/mol. The Morgan fingerprint density at radius 1 is 1.30 bits per heavy atom. The van der Waals surface area contributed by atoms with Crippen molar-refractivity contribution < 1.29 is 9.13 Å². The van der Waals surface area contributed by atoms with Crippen molar-refractivity contribution in [3.05, 3.63) is 53.1 Å². The smallest absolute Gasteiger partial charge is 0.165 e. The number of nitrogens with one attached hydrogen (secondary N) is 1. The van der Waals surface area contributed by atoms with Crippen LogP contribution >= 0.6 is 11.6 Å². The van der Waals surface area contributed by atoms with E-state index in [1.807, 2.05) is 12.1 Å². The maximum absolute atomic E-state index is 14.5. The second kappa shape index (κ2) is 11.3. The van der Waals surface area contributed by atoms with Gasteiger partial charge in [-0.25, -0.2) is 14.4 Å². The molecule has 0 radical (unpaired) electrons. The van der Waals surface area contributed by atoms with Crippen LogP contribution in [0, 0.1) is 17.7 Å². The average Bonchev–Trinajstić information content (AvgIpc) is 2.81. The second-order valence-electron chi connectivity index (χ2n) is 8.27. The van der Waals surface area contributed by atoms with Crippen LogP contribution in [0.1, 0.15) is 38.7 Å². The Labute approximate surface area is 199 Å². The van der Waals surface area contributed by atoms with Crippen molar-refractivity contribution in [1.29, 1.82) is 0 Å². The number of hydrogen-bond donors (Lipinski definition) is 2. The lowest BCUT2D eigenvalue weighted by Crippen LogP contribution is -2.24. The van der Waals surface area contributed by atoms with Crippen LogP contribution in [0.15, 0.2) is 41.7 Å². The fourth-order valence-corrected chi connectivity index (χ4v) is 4.34. The molecule has 0 amide bonds. The van der Waals surface area contributed by atoms with Gasteiger partial charge in [0.05, 0.1) is 29.2 Å². The lowest BCUT2D eigenvalue weighted by atomic mass is 9.86. The Morgan fingerprint density at radius 2 is 2.09 bits per heavy atom. The summed E-state index contributed by atoms with van der Waals surface area (Å²) in [6, 6.07) is 8.75. The zero-order chi connectivity index (χ0) is 24.0. The van der Waals surface area contributed by atoms with Crippen LogP contribution in [0.25, 0.3) is 10.9 Å². The van der Waals surface area contributed by atoms with Crippen molar-refractivity contribution in [2.24, 2.45) is 22.6 Å². The molecule has 6 nitrogen and oxygen atoms in total. The quantitative estimate of drug-likeness (QED) is 0.273. The SMILES string of the molecule is CCC[C@H](Cc1cc2c(Nc3cccc(Cl)c3F)ncnc2cc1OC)CC(C)C(N)=NC. The first-order valence-electron chi connectivity index (χ1n) is 11.1. The molecule has 0 saturated carbocycles. The number of aliphatic imine (C=N–C) groups is 1. The molecule has 2 atom stereocenters. The topological polar surface area (TPSA) is 85.4 Å². The summed E-state index contributed by atoms with van der Waals surface area (Å²) < 4.78 is 20.2. The van der Waals surface area contributed by atoms with E-state index in [4.69, 9.17) is 22.1 Å². The van der Waals surface area contributed by atoms with Crippen molar-refractivity contribution in [3.8, 4) is 5.75 Å². The van der Waals surface area contributed by atoms with Gasteiger partial charge in [-0.3, -0.25) is 4.99 Å². The molecule has 2 aromatic carbocycles. The van der Waals surface area contributed by atoms with Crippen LogP contribution in [0.5, 0.6) is 5.75 Å². The molecule has 1 heterocycles. The molecular formula is C25H31ClFN5O. The van der Waals surface area contributed by atoms with Crippen LogP contribution in [-0.4, -0.2) is 30.0 Å². The second-order valence-corrected chi connectivity index (χ2v) is 8.68. The molecule has 1 unspecified atom stereocenters. The fourth-order valence-electron chi connectivity index (χ4n) is 4.17. The van der Waals surface area contributed by atoms with Crippen LogP contribution < -0.4 is 15.8 Å². The highest BCUT2D eigenvalue weighted by Crippen LogP contribution is 2.34.